The monoisotopic (exact) mass is 482 g/mol. The van der Waals surface area contributed by atoms with Crippen molar-refractivity contribution in [2.45, 2.75) is 44.5 Å². The van der Waals surface area contributed by atoms with Gasteiger partial charge >= 0.3 is 17.9 Å². The van der Waals surface area contributed by atoms with Gasteiger partial charge in [-0.3, -0.25) is 14.4 Å². The Morgan fingerprint density at radius 1 is 0.939 bits per heavy atom. The van der Waals surface area contributed by atoms with E-state index in [-0.39, 0.29) is 17.2 Å². The molecule has 3 rings (SSSR count). The van der Waals surface area contributed by atoms with Crippen LogP contribution in [0, 0.1) is 11.9 Å². The maximum Gasteiger partial charge on any atom is 0.303 e. The number of carbonyl (C=O) groups excluding carboxylic acids is 3. The second-order valence-electron chi connectivity index (χ2n) is 6.97. The molecule has 0 aliphatic carbocycles. The highest BCUT2D eigenvalue weighted by Crippen LogP contribution is 2.35. The van der Waals surface area contributed by atoms with Crippen LogP contribution in [0.15, 0.2) is 30.5 Å². The average Bonchev–Trinajstić information content (AvgIpc) is 2.73. The molecule has 33 heavy (non-hydrogen) atoms. The second-order valence-corrected chi connectivity index (χ2v) is 8.10. The number of ether oxygens (including phenoxy) is 4. The van der Waals surface area contributed by atoms with Gasteiger partial charge in [-0.1, -0.05) is 0 Å². The summed E-state index contributed by atoms with van der Waals surface area (Å²) in [5.74, 6) is -3.77. The van der Waals surface area contributed by atoms with Crippen molar-refractivity contribution in [1.29, 1.82) is 0 Å². The van der Waals surface area contributed by atoms with Crippen molar-refractivity contribution >= 4 is 29.7 Å². The quantitative estimate of drug-likeness (QED) is 0.346. The first-order chi connectivity index (χ1) is 15.6. The molecular weight excluding hydrogens is 462 g/mol. The van der Waals surface area contributed by atoms with E-state index in [1.807, 2.05) is 0 Å². The number of esters is 3. The van der Waals surface area contributed by atoms with Crippen molar-refractivity contribution in [3.05, 3.63) is 42.4 Å². The van der Waals surface area contributed by atoms with E-state index < -0.39 is 53.6 Å². The summed E-state index contributed by atoms with van der Waals surface area (Å²) >= 11 is 1.09. The Balaban J connectivity index is 1.85. The normalized spacial score (nSPS) is 22.2. The molecule has 176 valence electrons. The van der Waals surface area contributed by atoms with Gasteiger partial charge < -0.3 is 18.9 Å². The molecule has 12 heteroatoms. The van der Waals surface area contributed by atoms with Crippen LogP contribution in [0.25, 0.3) is 11.3 Å². The summed E-state index contributed by atoms with van der Waals surface area (Å²) < 4.78 is 49.2. The fourth-order valence-electron chi connectivity index (χ4n) is 3.13. The van der Waals surface area contributed by atoms with Gasteiger partial charge in [-0.25, -0.2) is 9.97 Å². The molecule has 0 spiro atoms. The summed E-state index contributed by atoms with van der Waals surface area (Å²) in [5, 5.41) is 0. The Labute approximate surface area is 191 Å². The number of hydrogen-bond donors (Lipinski definition) is 0. The van der Waals surface area contributed by atoms with Crippen LogP contribution in [0.5, 0.6) is 5.75 Å². The van der Waals surface area contributed by atoms with Crippen LogP contribution in [0.3, 0.4) is 0 Å². The zero-order valence-corrected chi connectivity index (χ0v) is 18.6. The van der Waals surface area contributed by atoms with Crippen LogP contribution < -0.4 is 4.74 Å². The molecule has 1 aliphatic heterocycles. The second kappa shape index (κ2) is 10.6. The van der Waals surface area contributed by atoms with E-state index >= 15 is 0 Å². The van der Waals surface area contributed by atoms with Gasteiger partial charge in [0.2, 0.25) is 5.95 Å². The van der Waals surface area contributed by atoms with Crippen LogP contribution in [0.1, 0.15) is 20.8 Å². The van der Waals surface area contributed by atoms with Crippen molar-refractivity contribution < 1.29 is 42.1 Å². The summed E-state index contributed by atoms with van der Waals surface area (Å²) in [6.45, 7) is 3.49. The number of carbonyl (C=O) groups is 3. The molecule has 4 atom stereocenters. The first-order valence-electron chi connectivity index (χ1n) is 9.72. The number of hydrogen-bond acceptors (Lipinski definition) is 10. The Morgan fingerprint density at radius 2 is 1.61 bits per heavy atom. The molecule has 0 N–H and O–H groups in total. The van der Waals surface area contributed by atoms with E-state index in [1.165, 1.54) is 31.3 Å². The smallest absolute Gasteiger partial charge is 0.303 e. The largest absolute Gasteiger partial charge is 0.471 e. The fourth-order valence-corrected chi connectivity index (χ4v) is 4.34. The van der Waals surface area contributed by atoms with Crippen LogP contribution in [0.4, 0.5) is 8.78 Å². The topological polar surface area (TPSA) is 114 Å². The molecule has 1 fully saturated rings. The van der Waals surface area contributed by atoms with E-state index in [0.717, 1.165) is 31.7 Å². The van der Waals surface area contributed by atoms with Gasteiger partial charge in [-0.2, -0.15) is 8.78 Å². The first kappa shape index (κ1) is 24.4. The van der Waals surface area contributed by atoms with Crippen LogP contribution >= 0.6 is 11.8 Å². The third-order valence-corrected chi connectivity index (χ3v) is 5.60. The molecule has 2 aromatic rings. The average molecular weight is 482 g/mol. The summed E-state index contributed by atoms with van der Waals surface area (Å²) in [4.78, 5) is 42.1. The number of aromatic nitrogens is 2. The van der Waals surface area contributed by atoms with E-state index in [1.54, 1.807) is 0 Å². The minimum absolute atomic E-state index is 0.133. The molecule has 0 aromatic carbocycles. The predicted octanol–water partition coefficient (Wildman–Crippen LogP) is 2.67. The summed E-state index contributed by atoms with van der Waals surface area (Å²) in [6.07, 6.45) is -2.06. The number of rotatable bonds is 6. The molecule has 3 heterocycles. The van der Waals surface area contributed by atoms with Crippen molar-refractivity contribution in [1.82, 2.24) is 9.97 Å². The molecule has 0 saturated carbocycles. The van der Waals surface area contributed by atoms with Gasteiger partial charge in [0.25, 0.3) is 5.95 Å². The Hall–Kier alpha value is -3.28. The molecule has 0 radical (unpaired) electrons. The lowest BCUT2D eigenvalue weighted by molar-refractivity contribution is -0.186. The van der Waals surface area contributed by atoms with E-state index in [9.17, 15) is 23.2 Å². The van der Waals surface area contributed by atoms with Crippen LogP contribution in [0.2, 0.25) is 0 Å². The van der Waals surface area contributed by atoms with Gasteiger partial charge in [0, 0.05) is 38.3 Å². The lowest BCUT2D eigenvalue weighted by atomic mass is 10.1. The lowest BCUT2D eigenvalue weighted by Crippen LogP contribution is -2.55. The van der Waals surface area contributed by atoms with Crippen molar-refractivity contribution in [3.63, 3.8) is 0 Å². The summed E-state index contributed by atoms with van der Waals surface area (Å²) in [7, 11) is 0. The maximum atomic E-state index is 14.7. The molecule has 0 unspecified atom stereocenters. The highest BCUT2D eigenvalue weighted by atomic mass is 32.2. The maximum absolute atomic E-state index is 14.7. The highest BCUT2D eigenvalue weighted by molar-refractivity contribution is 7.99. The molecule has 0 amide bonds. The molecule has 2 aromatic heterocycles. The van der Waals surface area contributed by atoms with Crippen molar-refractivity contribution in [2.24, 2.45) is 0 Å². The molecule has 9 nitrogen and oxygen atoms in total. The molecular formula is C21H20F2N2O7S. The van der Waals surface area contributed by atoms with Gasteiger partial charge in [0.15, 0.2) is 29.5 Å². The standard InChI is InChI=1S/C21H20F2N2O7S/c1-10(26)29-16-9-33-21(19(31-12(3)28)18(16)30-11(2)27)32-15-6-5-14(25-20(15)23)13-4-7-17(22)24-8-13/h4-8,16,18-19,21H,9H2,1-3H3/t16-,18+,19-,21+/m1/s1. The van der Waals surface area contributed by atoms with Crippen LogP contribution in [-0.2, 0) is 28.6 Å². The number of nitrogens with zero attached hydrogens (tertiary/aromatic N) is 2. The molecule has 1 aliphatic rings. The minimum Gasteiger partial charge on any atom is -0.471 e. The fraction of sp³-hybridized carbons (Fsp3) is 0.381. The SMILES string of the molecule is CC(=O)O[C@@H]1[C@@H](OC(C)=O)[C@@H](Oc2ccc(-c3ccc(F)nc3)nc2F)SC[C@H]1OC(C)=O. The summed E-state index contributed by atoms with van der Waals surface area (Å²) in [6, 6.07) is 5.28. The first-order valence-corrected chi connectivity index (χ1v) is 10.8. The zero-order valence-electron chi connectivity index (χ0n) is 17.8. The lowest BCUT2D eigenvalue weighted by Gasteiger charge is -2.39. The molecule has 0 bridgehead atoms. The summed E-state index contributed by atoms with van der Waals surface area (Å²) in [5.41, 5.74) is -0.404. The predicted molar refractivity (Wildman–Crippen MR) is 111 cm³/mol. The Kier molecular flexibility index (Phi) is 7.79. The van der Waals surface area contributed by atoms with Crippen molar-refractivity contribution in [3.8, 4) is 17.0 Å². The highest BCUT2D eigenvalue weighted by Gasteiger charge is 2.48. The van der Waals surface area contributed by atoms with E-state index in [0.29, 0.717) is 5.56 Å². The third kappa shape index (κ3) is 6.37. The van der Waals surface area contributed by atoms with Gasteiger partial charge in [-0.05, 0) is 24.3 Å². The minimum atomic E-state index is -1.20. The molecule has 1 saturated heterocycles. The Bertz CT molecular complexity index is 1040. The third-order valence-electron chi connectivity index (χ3n) is 4.39. The van der Waals surface area contributed by atoms with Crippen molar-refractivity contribution in [2.75, 3.05) is 5.75 Å². The number of thioether (sulfide) groups is 1. The van der Waals surface area contributed by atoms with E-state index in [4.69, 9.17) is 18.9 Å². The van der Waals surface area contributed by atoms with E-state index in [2.05, 4.69) is 9.97 Å². The van der Waals surface area contributed by atoms with Gasteiger partial charge in [0.05, 0.1) is 5.69 Å². The number of pyridine rings is 2. The van der Waals surface area contributed by atoms with Gasteiger partial charge in [-0.15, -0.1) is 11.8 Å². The van der Waals surface area contributed by atoms with Gasteiger partial charge in [0.1, 0.15) is 0 Å². The zero-order chi connectivity index (χ0) is 24.1. The number of halogens is 2. The van der Waals surface area contributed by atoms with Crippen LogP contribution in [-0.4, -0.2) is 57.4 Å². The Morgan fingerprint density at radius 3 is 2.18 bits per heavy atom.